The van der Waals surface area contributed by atoms with Gasteiger partial charge in [0.1, 0.15) is 5.75 Å². The molecule has 0 radical (unpaired) electrons. The van der Waals surface area contributed by atoms with Gasteiger partial charge in [-0.25, -0.2) is 0 Å². The number of nitrogens with zero attached hydrogens (tertiary/aromatic N) is 2. The smallest absolute Gasteiger partial charge is 0.238 e. The number of hydrogen-bond donors (Lipinski definition) is 2. The molecule has 1 saturated heterocycles. The fourth-order valence-electron chi connectivity index (χ4n) is 2.97. The molecule has 0 aromatic heterocycles. The highest BCUT2D eigenvalue weighted by Gasteiger charge is 2.21. The van der Waals surface area contributed by atoms with E-state index in [-0.39, 0.29) is 5.91 Å². The van der Waals surface area contributed by atoms with E-state index in [1.165, 1.54) is 0 Å². The summed E-state index contributed by atoms with van der Waals surface area (Å²) in [7, 11) is 1.61. The third-order valence-electron chi connectivity index (χ3n) is 4.57. The number of nitrogens with one attached hydrogen (secondary N) is 2. The third-order valence-corrected chi connectivity index (χ3v) is 5.48. The second-order valence-corrected chi connectivity index (χ2v) is 7.82. The van der Waals surface area contributed by atoms with E-state index in [4.69, 9.17) is 40.2 Å². The quantitative estimate of drug-likeness (QED) is 0.669. The van der Waals surface area contributed by atoms with Gasteiger partial charge in [0.15, 0.2) is 5.11 Å². The first-order chi connectivity index (χ1) is 13.9. The Bertz CT molecular complexity index is 871. The van der Waals surface area contributed by atoms with Gasteiger partial charge in [-0.1, -0.05) is 23.2 Å². The largest absolute Gasteiger partial charge is 0.497 e. The third kappa shape index (κ3) is 6.21. The zero-order valence-corrected chi connectivity index (χ0v) is 18.3. The van der Waals surface area contributed by atoms with E-state index in [1.54, 1.807) is 25.3 Å². The van der Waals surface area contributed by atoms with Crippen molar-refractivity contribution in [2.75, 3.05) is 50.5 Å². The number of methoxy groups -OCH3 is 1. The lowest BCUT2D eigenvalue weighted by molar-refractivity contribution is -0.117. The second-order valence-electron chi connectivity index (χ2n) is 6.59. The van der Waals surface area contributed by atoms with Crippen LogP contribution in [0.15, 0.2) is 42.5 Å². The van der Waals surface area contributed by atoms with Crippen LogP contribution < -0.4 is 15.4 Å². The minimum atomic E-state index is -0.0442. The van der Waals surface area contributed by atoms with Crippen LogP contribution in [0.5, 0.6) is 5.75 Å². The van der Waals surface area contributed by atoms with Crippen molar-refractivity contribution in [1.82, 2.24) is 9.80 Å². The van der Waals surface area contributed by atoms with Gasteiger partial charge < -0.3 is 20.3 Å². The topological polar surface area (TPSA) is 56.8 Å². The van der Waals surface area contributed by atoms with Crippen molar-refractivity contribution < 1.29 is 9.53 Å². The van der Waals surface area contributed by atoms with Gasteiger partial charge in [0, 0.05) is 36.9 Å². The van der Waals surface area contributed by atoms with Gasteiger partial charge in [0.25, 0.3) is 0 Å². The molecular weight excluding hydrogens is 431 g/mol. The molecule has 2 aromatic rings. The van der Waals surface area contributed by atoms with Gasteiger partial charge in [-0.15, -0.1) is 0 Å². The van der Waals surface area contributed by atoms with Crippen LogP contribution in [0.2, 0.25) is 10.0 Å². The van der Waals surface area contributed by atoms with Gasteiger partial charge in [0.05, 0.1) is 24.4 Å². The minimum Gasteiger partial charge on any atom is -0.497 e. The number of carbonyl (C=O) groups is 1. The van der Waals surface area contributed by atoms with Crippen LogP contribution in [-0.2, 0) is 4.79 Å². The predicted octanol–water partition coefficient (Wildman–Crippen LogP) is 3.96. The first kappa shape index (κ1) is 21.6. The second kappa shape index (κ2) is 10.1. The summed E-state index contributed by atoms with van der Waals surface area (Å²) in [4.78, 5) is 16.5. The molecule has 0 aliphatic carbocycles. The minimum absolute atomic E-state index is 0.0442. The lowest BCUT2D eigenvalue weighted by Gasteiger charge is -2.35. The number of thiocarbonyl (C=S) groups is 1. The molecule has 0 saturated carbocycles. The summed E-state index contributed by atoms with van der Waals surface area (Å²) >= 11 is 17.6. The Labute approximate surface area is 185 Å². The first-order valence-corrected chi connectivity index (χ1v) is 10.3. The van der Waals surface area contributed by atoms with Crippen molar-refractivity contribution in [3.8, 4) is 5.75 Å². The number of anilines is 2. The lowest BCUT2D eigenvalue weighted by Crippen LogP contribution is -2.51. The van der Waals surface area contributed by atoms with Gasteiger partial charge in [0.2, 0.25) is 5.91 Å². The van der Waals surface area contributed by atoms with Crippen LogP contribution in [0.4, 0.5) is 11.4 Å². The molecule has 0 bridgehead atoms. The monoisotopic (exact) mass is 452 g/mol. The molecule has 2 aromatic carbocycles. The molecule has 154 valence electrons. The summed E-state index contributed by atoms with van der Waals surface area (Å²) in [5.74, 6) is 0.709. The molecule has 0 atom stereocenters. The van der Waals surface area contributed by atoms with Crippen LogP contribution in [0.1, 0.15) is 0 Å². The average Bonchev–Trinajstić information content (AvgIpc) is 2.71. The van der Waals surface area contributed by atoms with E-state index in [2.05, 4.69) is 20.4 Å². The fourth-order valence-corrected chi connectivity index (χ4v) is 3.72. The van der Waals surface area contributed by atoms with E-state index in [1.807, 2.05) is 24.3 Å². The number of ether oxygens (including phenoxy) is 1. The van der Waals surface area contributed by atoms with Gasteiger partial charge in [-0.2, -0.15) is 0 Å². The van der Waals surface area contributed by atoms with Gasteiger partial charge in [-0.3, -0.25) is 9.69 Å². The highest BCUT2D eigenvalue weighted by Crippen LogP contribution is 2.25. The maximum atomic E-state index is 12.3. The number of benzene rings is 2. The highest BCUT2D eigenvalue weighted by molar-refractivity contribution is 7.80. The lowest BCUT2D eigenvalue weighted by atomic mass is 10.3. The summed E-state index contributed by atoms with van der Waals surface area (Å²) in [5, 5.41) is 7.77. The molecule has 2 N–H and O–H groups in total. The van der Waals surface area contributed by atoms with Crippen molar-refractivity contribution >= 4 is 57.8 Å². The first-order valence-electron chi connectivity index (χ1n) is 9.12. The molecule has 3 rings (SSSR count). The molecule has 0 spiro atoms. The molecule has 1 aliphatic heterocycles. The number of carbonyl (C=O) groups excluding carboxylic acids is 1. The highest BCUT2D eigenvalue weighted by atomic mass is 35.5. The Hall–Kier alpha value is -2.06. The molecule has 1 fully saturated rings. The Morgan fingerprint density at radius 1 is 1.07 bits per heavy atom. The molecule has 6 nitrogen and oxygen atoms in total. The SMILES string of the molecule is COc1ccc(NC(=O)CN2CCN(C(=S)Nc3ccc(Cl)cc3Cl)CC2)cc1. The number of rotatable bonds is 5. The van der Waals surface area contributed by atoms with E-state index in [9.17, 15) is 4.79 Å². The number of piperazine rings is 1. The Morgan fingerprint density at radius 2 is 1.76 bits per heavy atom. The summed E-state index contributed by atoms with van der Waals surface area (Å²) in [6, 6.07) is 12.5. The average molecular weight is 453 g/mol. The maximum absolute atomic E-state index is 12.3. The predicted molar refractivity (Wildman–Crippen MR) is 122 cm³/mol. The Kier molecular flexibility index (Phi) is 7.55. The van der Waals surface area contributed by atoms with E-state index in [0.717, 1.165) is 43.3 Å². The van der Waals surface area contributed by atoms with Crippen LogP contribution in [0.3, 0.4) is 0 Å². The molecule has 29 heavy (non-hydrogen) atoms. The zero-order valence-electron chi connectivity index (χ0n) is 16.0. The van der Waals surface area contributed by atoms with Gasteiger partial charge in [-0.05, 0) is 54.7 Å². The van der Waals surface area contributed by atoms with Crippen molar-refractivity contribution in [3.63, 3.8) is 0 Å². The molecular formula is C20H22Cl2N4O2S. The van der Waals surface area contributed by atoms with Crippen LogP contribution >= 0.6 is 35.4 Å². The molecule has 1 heterocycles. The van der Waals surface area contributed by atoms with Crippen molar-refractivity contribution in [2.45, 2.75) is 0 Å². The van der Waals surface area contributed by atoms with Crippen molar-refractivity contribution in [3.05, 3.63) is 52.5 Å². The number of hydrogen-bond acceptors (Lipinski definition) is 4. The molecule has 0 unspecified atom stereocenters. The number of halogens is 2. The van der Waals surface area contributed by atoms with Crippen LogP contribution in [0, 0.1) is 0 Å². The molecule has 1 aliphatic rings. The Balaban J connectivity index is 1.44. The van der Waals surface area contributed by atoms with Gasteiger partial charge >= 0.3 is 0 Å². The maximum Gasteiger partial charge on any atom is 0.238 e. The van der Waals surface area contributed by atoms with Crippen LogP contribution in [-0.4, -0.2) is 60.7 Å². The standard InChI is InChI=1S/C20H22Cl2N4O2S/c1-28-16-5-3-15(4-6-16)23-19(27)13-25-8-10-26(11-9-25)20(29)24-18-7-2-14(21)12-17(18)22/h2-7,12H,8-11,13H2,1H3,(H,23,27)(H,24,29). The summed E-state index contributed by atoms with van der Waals surface area (Å²) < 4.78 is 5.12. The normalized spacial score (nSPS) is 14.4. The van der Waals surface area contributed by atoms with E-state index < -0.39 is 0 Å². The summed E-state index contributed by atoms with van der Waals surface area (Å²) in [5.41, 5.74) is 1.47. The Morgan fingerprint density at radius 3 is 2.38 bits per heavy atom. The van der Waals surface area contributed by atoms with Crippen molar-refractivity contribution in [1.29, 1.82) is 0 Å². The summed E-state index contributed by atoms with van der Waals surface area (Å²) in [6.07, 6.45) is 0. The van der Waals surface area contributed by atoms with Crippen LogP contribution in [0.25, 0.3) is 0 Å². The molecule has 9 heteroatoms. The van der Waals surface area contributed by atoms with E-state index in [0.29, 0.717) is 21.7 Å². The number of amides is 1. The van der Waals surface area contributed by atoms with E-state index >= 15 is 0 Å². The van der Waals surface area contributed by atoms with Crippen molar-refractivity contribution in [2.24, 2.45) is 0 Å². The fraction of sp³-hybridized carbons (Fsp3) is 0.300. The zero-order chi connectivity index (χ0) is 20.8. The summed E-state index contributed by atoms with van der Waals surface area (Å²) in [6.45, 7) is 3.28. The molecule has 1 amide bonds.